The van der Waals surface area contributed by atoms with Crippen molar-refractivity contribution in [2.75, 3.05) is 32.1 Å². The van der Waals surface area contributed by atoms with Gasteiger partial charge in [0, 0.05) is 39.3 Å². The fraction of sp³-hybridized carbons (Fsp3) is 0.350. The molecule has 0 spiro atoms. The molecule has 1 N–H and O–H groups in total. The number of aliphatic hydroxyl groups is 1. The zero-order chi connectivity index (χ0) is 17.4. The molecule has 0 aliphatic rings. The minimum atomic E-state index is -0.0178. The van der Waals surface area contributed by atoms with Crippen molar-refractivity contribution in [1.82, 2.24) is 4.90 Å². The second-order valence-electron chi connectivity index (χ2n) is 6.09. The zero-order valence-corrected chi connectivity index (χ0v) is 14.5. The van der Waals surface area contributed by atoms with Crippen LogP contribution in [0, 0.1) is 0 Å². The van der Waals surface area contributed by atoms with Gasteiger partial charge in [0.1, 0.15) is 0 Å². The minimum absolute atomic E-state index is 0.0178. The summed E-state index contributed by atoms with van der Waals surface area (Å²) in [6.07, 6.45) is 1.16. The highest BCUT2D eigenvalue weighted by Gasteiger charge is 2.13. The maximum atomic E-state index is 12.5. The first-order valence-electron chi connectivity index (χ1n) is 8.29. The summed E-state index contributed by atoms with van der Waals surface area (Å²) in [7, 11) is 4.02. The largest absolute Gasteiger partial charge is 0.395 e. The Hall–Kier alpha value is -2.33. The third-order valence-corrected chi connectivity index (χ3v) is 4.02. The molecule has 0 aliphatic carbocycles. The number of aliphatic hydroxyl groups excluding tert-OH is 1. The van der Waals surface area contributed by atoms with Gasteiger partial charge in [0.15, 0.2) is 0 Å². The summed E-state index contributed by atoms with van der Waals surface area (Å²) in [5.74, 6) is 0.0737. The normalized spacial score (nSPS) is 10.5. The van der Waals surface area contributed by atoms with Crippen molar-refractivity contribution in [3.8, 4) is 0 Å². The average molecular weight is 326 g/mol. The van der Waals surface area contributed by atoms with Gasteiger partial charge in [-0.2, -0.15) is 0 Å². The van der Waals surface area contributed by atoms with Crippen LogP contribution in [0.15, 0.2) is 54.6 Å². The van der Waals surface area contributed by atoms with Crippen molar-refractivity contribution in [2.24, 2.45) is 0 Å². The van der Waals surface area contributed by atoms with Gasteiger partial charge in [-0.3, -0.25) is 4.79 Å². The first-order valence-corrected chi connectivity index (χ1v) is 8.29. The summed E-state index contributed by atoms with van der Waals surface area (Å²) in [6, 6.07) is 18.1. The van der Waals surface area contributed by atoms with Crippen LogP contribution in [0.4, 0.5) is 5.69 Å². The second kappa shape index (κ2) is 9.08. The van der Waals surface area contributed by atoms with E-state index in [0.29, 0.717) is 25.9 Å². The lowest BCUT2D eigenvalue weighted by atomic mass is 10.1. The smallest absolute Gasteiger partial charge is 0.223 e. The Kier molecular flexibility index (Phi) is 6.82. The van der Waals surface area contributed by atoms with Gasteiger partial charge in [0.2, 0.25) is 5.91 Å². The van der Waals surface area contributed by atoms with Crippen molar-refractivity contribution in [3.05, 3.63) is 65.7 Å². The highest BCUT2D eigenvalue weighted by molar-refractivity contribution is 5.76. The Morgan fingerprint density at radius 2 is 1.62 bits per heavy atom. The number of carbonyl (C=O) groups excluding carboxylic acids is 1. The first-order chi connectivity index (χ1) is 11.6. The first kappa shape index (κ1) is 18.0. The Bertz CT molecular complexity index is 624. The highest BCUT2D eigenvalue weighted by Crippen LogP contribution is 2.14. The number of hydrogen-bond donors (Lipinski definition) is 1. The van der Waals surface area contributed by atoms with Crippen molar-refractivity contribution < 1.29 is 9.90 Å². The molecule has 128 valence electrons. The third kappa shape index (κ3) is 5.39. The van der Waals surface area contributed by atoms with Crippen LogP contribution >= 0.6 is 0 Å². The molecule has 0 aromatic heterocycles. The van der Waals surface area contributed by atoms with E-state index in [-0.39, 0.29) is 12.5 Å². The van der Waals surface area contributed by atoms with E-state index in [1.54, 1.807) is 4.90 Å². The Balaban J connectivity index is 1.92. The standard InChI is InChI=1S/C20H26N2O2/c1-21(2)19-11-8-17(9-12-19)10-13-20(24)22(14-15-23)16-18-6-4-3-5-7-18/h3-9,11-12,23H,10,13-16H2,1-2H3. The monoisotopic (exact) mass is 326 g/mol. The number of anilines is 1. The molecule has 0 radical (unpaired) electrons. The number of nitrogens with zero attached hydrogens (tertiary/aromatic N) is 2. The van der Waals surface area contributed by atoms with E-state index < -0.39 is 0 Å². The molecule has 0 aliphatic heterocycles. The maximum Gasteiger partial charge on any atom is 0.223 e. The highest BCUT2D eigenvalue weighted by atomic mass is 16.3. The van der Waals surface area contributed by atoms with Crippen LogP contribution in [-0.4, -0.2) is 43.2 Å². The fourth-order valence-electron chi connectivity index (χ4n) is 2.59. The molecule has 0 atom stereocenters. The third-order valence-electron chi connectivity index (χ3n) is 4.02. The quantitative estimate of drug-likeness (QED) is 0.811. The number of aryl methyl sites for hydroxylation is 1. The molecule has 0 saturated heterocycles. The van der Waals surface area contributed by atoms with Crippen molar-refractivity contribution >= 4 is 11.6 Å². The van der Waals surface area contributed by atoms with Crippen LogP contribution in [0.1, 0.15) is 17.5 Å². The van der Waals surface area contributed by atoms with Gasteiger partial charge < -0.3 is 14.9 Å². The van der Waals surface area contributed by atoms with Crippen LogP contribution in [0.5, 0.6) is 0 Å². The van der Waals surface area contributed by atoms with Crippen LogP contribution in [0.25, 0.3) is 0 Å². The second-order valence-corrected chi connectivity index (χ2v) is 6.09. The van der Waals surface area contributed by atoms with Gasteiger partial charge >= 0.3 is 0 Å². The predicted octanol–water partition coefficient (Wildman–Crippen LogP) is 2.71. The van der Waals surface area contributed by atoms with E-state index in [9.17, 15) is 9.90 Å². The molecule has 0 fully saturated rings. The van der Waals surface area contributed by atoms with Crippen LogP contribution in [0.2, 0.25) is 0 Å². The van der Waals surface area contributed by atoms with Crippen molar-refractivity contribution in [2.45, 2.75) is 19.4 Å². The molecule has 2 aromatic rings. The summed E-state index contributed by atoms with van der Waals surface area (Å²) in [4.78, 5) is 16.3. The number of carbonyl (C=O) groups is 1. The molecular weight excluding hydrogens is 300 g/mol. The molecule has 4 heteroatoms. The van der Waals surface area contributed by atoms with Crippen LogP contribution in [-0.2, 0) is 17.8 Å². The van der Waals surface area contributed by atoms with E-state index in [1.807, 2.05) is 44.4 Å². The molecule has 0 saturated carbocycles. The zero-order valence-electron chi connectivity index (χ0n) is 14.5. The molecule has 0 unspecified atom stereocenters. The van der Waals surface area contributed by atoms with Gasteiger partial charge in [-0.05, 0) is 29.7 Å². The molecule has 2 aromatic carbocycles. The average Bonchev–Trinajstić information content (AvgIpc) is 2.60. The molecular formula is C20H26N2O2. The molecule has 0 bridgehead atoms. The summed E-state index contributed by atoms with van der Waals surface area (Å²) in [5.41, 5.74) is 3.38. The summed E-state index contributed by atoms with van der Waals surface area (Å²) >= 11 is 0. The molecule has 1 amide bonds. The van der Waals surface area contributed by atoms with Crippen LogP contribution < -0.4 is 4.90 Å². The van der Waals surface area contributed by atoms with Gasteiger partial charge in [-0.25, -0.2) is 0 Å². The number of hydrogen-bond acceptors (Lipinski definition) is 3. The van der Waals surface area contributed by atoms with Gasteiger partial charge in [0.25, 0.3) is 0 Å². The Morgan fingerprint density at radius 3 is 2.21 bits per heavy atom. The lowest BCUT2D eigenvalue weighted by molar-refractivity contribution is -0.132. The van der Waals surface area contributed by atoms with E-state index in [1.165, 1.54) is 0 Å². The molecule has 24 heavy (non-hydrogen) atoms. The van der Waals surface area contributed by atoms with E-state index >= 15 is 0 Å². The van der Waals surface area contributed by atoms with Gasteiger partial charge in [0.05, 0.1) is 6.61 Å². The number of benzene rings is 2. The Labute approximate surface area is 144 Å². The lowest BCUT2D eigenvalue weighted by Crippen LogP contribution is -2.33. The summed E-state index contributed by atoms with van der Waals surface area (Å²) < 4.78 is 0. The lowest BCUT2D eigenvalue weighted by Gasteiger charge is -2.22. The fourth-order valence-corrected chi connectivity index (χ4v) is 2.59. The van der Waals surface area contributed by atoms with Gasteiger partial charge in [-0.15, -0.1) is 0 Å². The van der Waals surface area contributed by atoms with E-state index in [4.69, 9.17) is 0 Å². The topological polar surface area (TPSA) is 43.8 Å². The molecule has 0 heterocycles. The van der Waals surface area contributed by atoms with Crippen molar-refractivity contribution in [3.63, 3.8) is 0 Å². The van der Waals surface area contributed by atoms with Crippen molar-refractivity contribution in [1.29, 1.82) is 0 Å². The van der Waals surface area contributed by atoms with E-state index in [0.717, 1.165) is 16.8 Å². The summed E-state index contributed by atoms with van der Waals surface area (Å²) in [5, 5.41) is 9.23. The number of rotatable bonds is 8. The SMILES string of the molecule is CN(C)c1ccc(CCC(=O)N(CCO)Cc2ccccc2)cc1. The van der Waals surface area contributed by atoms with E-state index in [2.05, 4.69) is 29.2 Å². The van der Waals surface area contributed by atoms with Gasteiger partial charge in [-0.1, -0.05) is 42.5 Å². The predicted molar refractivity (Wildman–Crippen MR) is 98.0 cm³/mol. The molecule has 2 rings (SSSR count). The molecule has 4 nitrogen and oxygen atoms in total. The summed E-state index contributed by atoms with van der Waals surface area (Å²) in [6.45, 7) is 0.892. The van der Waals surface area contributed by atoms with Crippen LogP contribution in [0.3, 0.4) is 0 Å². The number of amides is 1. The minimum Gasteiger partial charge on any atom is -0.395 e. The maximum absolute atomic E-state index is 12.5. The Morgan fingerprint density at radius 1 is 0.958 bits per heavy atom.